The van der Waals surface area contributed by atoms with Gasteiger partial charge in [0.2, 0.25) is 5.91 Å². The maximum absolute atomic E-state index is 12.8. The number of nitrogens with two attached hydrogens (primary N) is 1. The van der Waals surface area contributed by atoms with Gasteiger partial charge in [-0.15, -0.1) is 11.8 Å². The fraction of sp³-hybridized carbons (Fsp3) is 0.545. The molecule has 4 N–H and O–H groups in total. The molecule has 4 heterocycles. The lowest BCUT2D eigenvalue weighted by atomic mass is 10.0. The average molecular weight is 458 g/mol. The van der Waals surface area contributed by atoms with E-state index in [9.17, 15) is 9.90 Å². The molecule has 32 heavy (non-hydrogen) atoms. The van der Waals surface area contributed by atoms with E-state index in [1.165, 1.54) is 0 Å². The van der Waals surface area contributed by atoms with Gasteiger partial charge in [0, 0.05) is 57.5 Å². The van der Waals surface area contributed by atoms with Crippen LogP contribution in [0.1, 0.15) is 12.1 Å². The molecule has 5 rings (SSSR count). The predicted molar refractivity (Wildman–Crippen MR) is 126 cm³/mol. The monoisotopic (exact) mass is 457 g/mol. The van der Waals surface area contributed by atoms with Crippen molar-refractivity contribution in [1.82, 2.24) is 24.9 Å². The van der Waals surface area contributed by atoms with Gasteiger partial charge in [-0.1, -0.05) is 0 Å². The summed E-state index contributed by atoms with van der Waals surface area (Å²) in [5, 5.41) is 17.7. The number of phenolic OH excluding ortho intramolecular Hbond substituents is 1. The fourth-order valence-corrected chi connectivity index (χ4v) is 5.85. The minimum atomic E-state index is -0.494. The second-order valence-electron chi connectivity index (χ2n) is 8.93. The summed E-state index contributed by atoms with van der Waals surface area (Å²) >= 11 is 1.81. The average Bonchev–Trinajstić information content (AvgIpc) is 3.55. The molecule has 10 heteroatoms. The first-order valence-corrected chi connectivity index (χ1v) is 12.3. The van der Waals surface area contributed by atoms with Crippen molar-refractivity contribution < 1.29 is 9.90 Å². The summed E-state index contributed by atoms with van der Waals surface area (Å²) in [6, 6.07) is 9.01. The van der Waals surface area contributed by atoms with Crippen LogP contribution in [0.15, 0.2) is 30.3 Å². The number of phenols is 1. The van der Waals surface area contributed by atoms with Crippen molar-refractivity contribution >= 4 is 23.5 Å². The van der Waals surface area contributed by atoms with Crippen molar-refractivity contribution in [3.05, 3.63) is 36.0 Å². The Balaban J connectivity index is 1.24. The number of carbonyl (C=O) groups is 1. The second kappa shape index (κ2) is 8.58. The molecule has 0 spiro atoms. The first-order chi connectivity index (χ1) is 15.4. The third-order valence-corrected chi connectivity index (χ3v) is 7.68. The van der Waals surface area contributed by atoms with Crippen molar-refractivity contribution in [2.75, 3.05) is 55.8 Å². The summed E-state index contributed by atoms with van der Waals surface area (Å²) in [4.78, 5) is 19.4. The normalized spacial score (nSPS) is 26.8. The van der Waals surface area contributed by atoms with Gasteiger partial charge in [0.1, 0.15) is 11.6 Å². The van der Waals surface area contributed by atoms with E-state index in [4.69, 9.17) is 5.73 Å². The van der Waals surface area contributed by atoms with Crippen LogP contribution in [0.5, 0.6) is 5.75 Å². The van der Waals surface area contributed by atoms with E-state index in [-0.39, 0.29) is 17.7 Å². The number of anilines is 1. The summed E-state index contributed by atoms with van der Waals surface area (Å²) in [5.41, 5.74) is 8.19. The predicted octanol–water partition coefficient (Wildman–Crippen LogP) is 0.558. The van der Waals surface area contributed by atoms with Gasteiger partial charge in [0.25, 0.3) is 0 Å². The topological polar surface area (TPSA) is 103 Å². The summed E-state index contributed by atoms with van der Waals surface area (Å²) in [5.74, 6) is 3.29. The molecule has 0 radical (unpaired) electrons. The summed E-state index contributed by atoms with van der Waals surface area (Å²) in [7, 11) is 0. The standard InChI is InChI=1S/C22H31N7O2S/c1-16-12-20(29(25-16)17-2-4-18(30)5-3-17)26-6-8-28(9-7-26)22(23)13-19(24-14-22)21(31)27-10-11-32-15-27/h2-5,12,19,24,30H,6-11,13-15,23H2,1H3. The number of aromatic hydroxyl groups is 1. The molecular formula is C22H31N7O2S. The Morgan fingerprint density at radius 1 is 1.22 bits per heavy atom. The first-order valence-electron chi connectivity index (χ1n) is 11.2. The van der Waals surface area contributed by atoms with Crippen molar-refractivity contribution in [2.24, 2.45) is 5.73 Å². The van der Waals surface area contributed by atoms with Gasteiger partial charge in [0.05, 0.1) is 29.0 Å². The zero-order chi connectivity index (χ0) is 22.3. The molecule has 0 bridgehead atoms. The lowest BCUT2D eigenvalue weighted by Crippen LogP contribution is -2.63. The molecule has 0 aliphatic carbocycles. The van der Waals surface area contributed by atoms with E-state index in [2.05, 4.69) is 26.3 Å². The number of nitrogens with zero attached hydrogens (tertiary/aromatic N) is 5. The molecule has 1 aromatic carbocycles. The quantitative estimate of drug-likeness (QED) is 0.612. The van der Waals surface area contributed by atoms with Crippen LogP contribution in [-0.4, -0.2) is 93.2 Å². The number of hydrogen-bond donors (Lipinski definition) is 3. The van der Waals surface area contributed by atoms with Crippen LogP contribution in [0.4, 0.5) is 5.82 Å². The zero-order valence-corrected chi connectivity index (χ0v) is 19.2. The molecular weight excluding hydrogens is 426 g/mol. The Morgan fingerprint density at radius 2 is 1.97 bits per heavy atom. The Hall–Kier alpha value is -2.27. The number of aromatic nitrogens is 2. The molecule has 3 aliphatic rings. The number of nitrogens with one attached hydrogen (secondary N) is 1. The molecule has 1 amide bonds. The van der Waals surface area contributed by atoms with Gasteiger partial charge in [-0.25, -0.2) is 4.68 Å². The smallest absolute Gasteiger partial charge is 0.240 e. The number of carbonyl (C=O) groups excluding carboxylic acids is 1. The molecule has 2 atom stereocenters. The van der Waals surface area contributed by atoms with E-state index in [0.717, 1.165) is 61.6 Å². The molecule has 3 fully saturated rings. The molecule has 2 aromatic rings. The van der Waals surface area contributed by atoms with Crippen molar-refractivity contribution in [2.45, 2.75) is 25.0 Å². The zero-order valence-electron chi connectivity index (χ0n) is 18.4. The van der Waals surface area contributed by atoms with Crippen LogP contribution < -0.4 is 16.0 Å². The maximum Gasteiger partial charge on any atom is 0.240 e. The van der Waals surface area contributed by atoms with Crippen LogP contribution >= 0.6 is 11.8 Å². The van der Waals surface area contributed by atoms with Crippen LogP contribution in [0.2, 0.25) is 0 Å². The van der Waals surface area contributed by atoms with Gasteiger partial charge in [-0.3, -0.25) is 9.69 Å². The van der Waals surface area contributed by atoms with Gasteiger partial charge in [-0.05, 0) is 31.2 Å². The van der Waals surface area contributed by atoms with Crippen LogP contribution in [0, 0.1) is 6.92 Å². The highest BCUT2D eigenvalue weighted by molar-refractivity contribution is 7.99. The molecule has 1 aromatic heterocycles. The Morgan fingerprint density at radius 3 is 2.66 bits per heavy atom. The molecule has 2 unspecified atom stereocenters. The van der Waals surface area contributed by atoms with Gasteiger partial charge in [0.15, 0.2) is 0 Å². The van der Waals surface area contributed by atoms with Crippen LogP contribution in [0.25, 0.3) is 5.69 Å². The van der Waals surface area contributed by atoms with Crippen LogP contribution in [0.3, 0.4) is 0 Å². The third-order valence-electron chi connectivity index (χ3n) is 6.72. The highest BCUT2D eigenvalue weighted by Crippen LogP contribution is 2.28. The van der Waals surface area contributed by atoms with Gasteiger partial charge < -0.3 is 26.0 Å². The fourth-order valence-electron chi connectivity index (χ4n) is 4.90. The van der Waals surface area contributed by atoms with Crippen molar-refractivity contribution in [1.29, 1.82) is 0 Å². The Labute approximate surface area is 192 Å². The number of piperazine rings is 1. The summed E-state index contributed by atoms with van der Waals surface area (Å²) in [6.45, 7) is 6.80. The minimum absolute atomic E-state index is 0.185. The number of amides is 1. The number of aryl methyl sites for hydroxylation is 1. The van der Waals surface area contributed by atoms with Crippen LogP contribution in [-0.2, 0) is 4.79 Å². The number of hydrogen-bond acceptors (Lipinski definition) is 8. The molecule has 3 aliphatic heterocycles. The highest BCUT2D eigenvalue weighted by atomic mass is 32.2. The maximum atomic E-state index is 12.8. The Kier molecular flexibility index (Phi) is 5.79. The summed E-state index contributed by atoms with van der Waals surface area (Å²) < 4.78 is 1.93. The SMILES string of the molecule is Cc1cc(N2CCN(C3(N)CNC(C(=O)N4CCSC4)C3)CC2)n(-c2ccc(O)cc2)n1. The molecule has 172 valence electrons. The molecule has 9 nitrogen and oxygen atoms in total. The van der Waals surface area contributed by atoms with E-state index >= 15 is 0 Å². The number of benzene rings is 1. The minimum Gasteiger partial charge on any atom is -0.508 e. The molecule has 0 saturated carbocycles. The Bertz CT molecular complexity index is 967. The van der Waals surface area contributed by atoms with E-state index in [1.54, 1.807) is 12.1 Å². The lowest BCUT2D eigenvalue weighted by Gasteiger charge is -2.44. The number of thioether (sulfide) groups is 1. The largest absolute Gasteiger partial charge is 0.508 e. The van der Waals surface area contributed by atoms with Crippen molar-refractivity contribution in [3.8, 4) is 11.4 Å². The second-order valence-corrected chi connectivity index (χ2v) is 10.0. The van der Waals surface area contributed by atoms with Gasteiger partial charge >= 0.3 is 0 Å². The van der Waals surface area contributed by atoms with Gasteiger partial charge in [-0.2, -0.15) is 5.10 Å². The highest BCUT2D eigenvalue weighted by Gasteiger charge is 2.45. The number of rotatable bonds is 4. The first kappa shape index (κ1) is 21.6. The molecule has 3 saturated heterocycles. The van der Waals surface area contributed by atoms with E-state index < -0.39 is 5.66 Å². The third kappa shape index (κ3) is 4.07. The van der Waals surface area contributed by atoms with E-state index in [0.29, 0.717) is 13.0 Å². The summed E-state index contributed by atoms with van der Waals surface area (Å²) in [6.07, 6.45) is 0.650. The van der Waals surface area contributed by atoms with Crippen molar-refractivity contribution in [3.63, 3.8) is 0 Å². The van der Waals surface area contributed by atoms with E-state index in [1.807, 2.05) is 40.4 Å². The lowest BCUT2D eigenvalue weighted by molar-refractivity contribution is -0.131.